The molecular weight excluding hydrogens is 194 g/mol. The number of nitriles is 1. The maximum Gasteiger partial charge on any atom is 0.170 e. The van der Waals surface area contributed by atoms with Gasteiger partial charge in [-0.05, 0) is 13.8 Å². The maximum absolute atomic E-state index is 9.83. The van der Waals surface area contributed by atoms with Crippen molar-refractivity contribution >= 4 is 0 Å². The summed E-state index contributed by atoms with van der Waals surface area (Å²) in [7, 11) is 0. The highest BCUT2D eigenvalue weighted by Crippen LogP contribution is 2.40. The van der Waals surface area contributed by atoms with Gasteiger partial charge in [-0.2, -0.15) is 5.26 Å². The minimum atomic E-state index is -0.745. The van der Waals surface area contributed by atoms with Crippen LogP contribution in [-0.2, 0) is 9.47 Å². The van der Waals surface area contributed by atoms with Gasteiger partial charge in [0, 0.05) is 12.3 Å². The highest BCUT2D eigenvalue weighted by molar-refractivity contribution is 5.04. The summed E-state index contributed by atoms with van der Waals surface area (Å²) in [6, 6.07) is 2.00. The lowest BCUT2D eigenvalue weighted by Gasteiger charge is -2.37. The number of aliphatic hydroxyl groups excluding tert-OH is 1. The summed E-state index contributed by atoms with van der Waals surface area (Å²) in [4.78, 5) is 0. The molecule has 2 rings (SSSR count). The summed E-state index contributed by atoms with van der Waals surface area (Å²) in [5.74, 6) is -0.0461. The normalized spacial score (nSPS) is 48.3. The van der Waals surface area contributed by atoms with Gasteiger partial charge in [0.05, 0.1) is 30.0 Å². The fourth-order valence-corrected chi connectivity index (χ4v) is 2.51. The van der Waals surface area contributed by atoms with E-state index in [4.69, 9.17) is 14.7 Å². The molecule has 1 N–H and O–H groups in total. The van der Waals surface area contributed by atoms with Crippen molar-refractivity contribution in [2.45, 2.75) is 57.2 Å². The largest absolute Gasteiger partial charge is 0.389 e. The molecular formula is C11H17NO3. The average molecular weight is 211 g/mol. The van der Waals surface area contributed by atoms with E-state index in [-0.39, 0.29) is 23.7 Å². The zero-order valence-corrected chi connectivity index (χ0v) is 9.30. The molecule has 2 fully saturated rings. The summed E-state index contributed by atoms with van der Waals surface area (Å²) in [5.41, 5.74) is -0.215. The van der Waals surface area contributed by atoms with Crippen molar-refractivity contribution in [3.8, 4) is 6.07 Å². The molecule has 4 nitrogen and oxygen atoms in total. The van der Waals surface area contributed by atoms with Gasteiger partial charge in [0.2, 0.25) is 0 Å². The van der Waals surface area contributed by atoms with Gasteiger partial charge in [-0.25, -0.2) is 0 Å². The van der Waals surface area contributed by atoms with Gasteiger partial charge in [-0.3, -0.25) is 0 Å². The summed E-state index contributed by atoms with van der Waals surface area (Å²) < 4.78 is 11.4. The number of hydrogen-bond acceptors (Lipinski definition) is 4. The van der Waals surface area contributed by atoms with Crippen molar-refractivity contribution in [2.75, 3.05) is 0 Å². The Bertz CT molecular complexity index is 297. The monoisotopic (exact) mass is 211 g/mol. The third kappa shape index (κ3) is 1.76. The Balaban J connectivity index is 2.18. The second-order valence-electron chi connectivity index (χ2n) is 5.12. The van der Waals surface area contributed by atoms with Crippen molar-refractivity contribution < 1.29 is 14.6 Å². The molecule has 0 aromatic carbocycles. The molecule has 15 heavy (non-hydrogen) atoms. The zero-order chi connectivity index (χ0) is 11.2. The van der Waals surface area contributed by atoms with Gasteiger partial charge < -0.3 is 14.6 Å². The molecule has 0 bridgehead atoms. The molecule has 2 saturated heterocycles. The maximum atomic E-state index is 9.83. The van der Waals surface area contributed by atoms with Crippen LogP contribution < -0.4 is 0 Å². The van der Waals surface area contributed by atoms with Gasteiger partial charge in [-0.1, -0.05) is 6.92 Å². The standard InChI is InChI=1S/C11H17NO3/c1-6-9(13)8(5-12)14-7-4-11(2,3)15-10(6)7/h6-10,13H,4H2,1-3H3/t6-,7-,8?,9-,10?/m0/s1. The van der Waals surface area contributed by atoms with Gasteiger partial charge >= 0.3 is 0 Å². The molecule has 2 aliphatic rings. The van der Waals surface area contributed by atoms with Crippen molar-refractivity contribution in [2.24, 2.45) is 5.92 Å². The SMILES string of the molecule is C[C@@H]1C2OC(C)(C)C[C@@H]2OC(C#N)[C@H]1O. The first-order valence-corrected chi connectivity index (χ1v) is 5.35. The second-order valence-corrected chi connectivity index (χ2v) is 5.12. The van der Waals surface area contributed by atoms with E-state index in [1.807, 2.05) is 26.8 Å². The van der Waals surface area contributed by atoms with E-state index in [1.54, 1.807) is 0 Å². The summed E-state index contributed by atoms with van der Waals surface area (Å²) in [6.07, 6.45) is -0.807. The Morgan fingerprint density at radius 2 is 2.13 bits per heavy atom. The number of rotatable bonds is 0. The number of aliphatic hydroxyl groups is 1. The van der Waals surface area contributed by atoms with Crippen molar-refractivity contribution in [1.29, 1.82) is 5.26 Å². The summed E-state index contributed by atoms with van der Waals surface area (Å²) >= 11 is 0. The molecule has 84 valence electrons. The van der Waals surface area contributed by atoms with Crippen molar-refractivity contribution in [1.82, 2.24) is 0 Å². The zero-order valence-electron chi connectivity index (χ0n) is 9.30. The highest BCUT2D eigenvalue weighted by Gasteiger charge is 2.51. The molecule has 0 aromatic rings. The predicted molar refractivity (Wildman–Crippen MR) is 53.0 cm³/mol. The van der Waals surface area contributed by atoms with Crippen LogP contribution in [0.25, 0.3) is 0 Å². The lowest BCUT2D eigenvalue weighted by Crippen LogP contribution is -2.50. The van der Waals surface area contributed by atoms with Gasteiger partial charge in [0.25, 0.3) is 0 Å². The average Bonchev–Trinajstić information content (AvgIpc) is 2.47. The smallest absolute Gasteiger partial charge is 0.170 e. The molecule has 2 heterocycles. The molecule has 0 saturated carbocycles. The van der Waals surface area contributed by atoms with Crippen LogP contribution in [0.15, 0.2) is 0 Å². The topological polar surface area (TPSA) is 62.5 Å². The summed E-state index contributed by atoms with van der Waals surface area (Å²) in [6.45, 7) is 5.93. The summed E-state index contributed by atoms with van der Waals surface area (Å²) in [5, 5.41) is 18.7. The van der Waals surface area contributed by atoms with E-state index >= 15 is 0 Å². The minimum Gasteiger partial charge on any atom is -0.389 e. The first-order chi connectivity index (χ1) is 6.94. The highest BCUT2D eigenvalue weighted by atomic mass is 16.6. The van der Waals surface area contributed by atoms with E-state index in [0.717, 1.165) is 6.42 Å². The van der Waals surface area contributed by atoms with Crippen LogP contribution in [0.2, 0.25) is 0 Å². The van der Waals surface area contributed by atoms with E-state index in [9.17, 15) is 5.11 Å². The van der Waals surface area contributed by atoms with Gasteiger partial charge in [0.15, 0.2) is 6.10 Å². The van der Waals surface area contributed by atoms with Crippen LogP contribution in [0, 0.1) is 17.2 Å². The van der Waals surface area contributed by atoms with E-state index in [1.165, 1.54) is 0 Å². The molecule has 4 heteroatoms. The Hall–Kier alpha value is -0.630. The van der Waals surface area contributed by atoms with E-state index in [0.29, 0.717) is 0 Å². The molecule has 0 amide bonds. The lowest BCUT2D eigenvalue weighted by molar-refractivity contribution is -0.170. The van der Waals surface area contributed by atoms with E-state index < -0.39 is 12.2 Å². The van der Waals surface area contributed by atoms with Crippen LogP contribution in [0.5, 0.6) is 0 Å². The van der Waals surface area contributed by atoms with Crippen LogP contribution in [0.1, 0.15) is 27.2 Å². The Morgan fingerprint density at radius 1 is 1.47 bits per heavy atom. The van der Waals surface area contributed by atoms with Gasteiger partial charge in [-0.15, -0.1) is 0 Å². The minimum absolute atomic E-state index is 0.0461. The molecule has 0 spiro atoms. The van der Waals surface area contributed by atoms with Crippen molar-refractivity contribution in [3.05, 3.63) is 0 Å². The molecule has 5 atom stereocenters. The van der Waals surface area contributed by atoms with E-state index in [2.05, 4.69) is 0 Å². The van der Waals surface area contributed by atoms with Crippen LogP contribution in [0.4, 0.5) is 0 Å². The third-order valence-electron chi connectivity index (χ3n) is 3.33. The van der Waals surface area contributed by atoms with Crippen LogP contribution >= 0.6 is 0 Å². The quantitative estimate of drug-likeness (QED) is 0.645. The molecule has 0 aromatic heterocycles. The fourth-order valence-electron chi connectivity index (χ4n) is 2.51. The predicted octanol–water partition coefficient (Wildman–Crippen LogP) is 0.842. The fraction of sp³-hybridized carbons (Fsp3) is 0.909. The molecule has 0 radical (unpaired) electrons. The first kappa shape index (κ1) is 10.9. The Morgan fingerprint density at radius 3 is 2.73 bits per heavy atom. The Labute approximate surface area is 89.8 Å². The molecule has 2 aliphatic heterocycles. The number of hydrogen-bond donors (Lipinski definition) is 1. The van der Waals surface area contributed by atoms with Crippen molar-refractivity contribution in [3.63, 3.8) is 0 Å². The first-order valence-electron chi connectivity index (χ1n) is 5.35. The molecule has 2 unspecified atom stereocenters. The molecule has 0 aliphatic carbocycles. The third-order valence-corrected chi connectivity index (χ3v) is 3.33. The second kappa shape index (κ2) is 3.44. The van der Waals surface area contributed by atoms with Crippen LogP contribution in [0.3, 0.4) is 0 Å². The van der Waals surface area contributed by atoms with Crippen LogP contribution in [-0.4, -0.2) is 35.1 Å². The number of fused-ring (bicyclic) bond motifs is 1. The Kier molecular flexibility index (Phi) is 2.50. The number of ether oxygens (including phenoxy) is 2. The lowest BCUT2D eigenvalue weighted by atomic mass is 9.87. The van der Waals surface area contributed by atoms with Gasteiger partial charge in [0.1, 0.15) is 0 Å². The number of nitrogens with zero attached hydrogens (tertiary/aromatic N) is 1.